The zero-order valence-corrected chi connectivity index (χ0v) is 22.7. The number of carbonyl (C=O) groups is 2. The Morgan fingerprint density at radius 2 is 1.84 bits per heavy atom. The number of carbonyl (C=O) groups excluding carboxylic acids is 2. The highest BCUT2D eigenvalue weighted by Crippen LogP contribution is 2.32. The van der Waals surface area contributed by atoms with Gasteiger partial charge in [-0.05, 0) is 24.3 Å². The van der Waals surface area contributed by atoms with Crippen LogP contribution in [0.3, 0.4) is 0 Å². The van der Waals surface area contributed by atoms with Crippen LogP contribution in [0.1, 0.15) is 70.8 Å². The number of morpholine rings is 1. The summed E-state index contributed by atoms with van der Waals surface area (Å²) in [6.45, 7) is 8.83. The molecule has 0 radical (unpaired) electrons. The van der Waals surface area contributed by atoms with Gasteiger partial charge in [0, 0.05) is 50.5 Å². The van der Waals surface area contributed by atoms with E-state index in [1.165, 1.54) is 24.8 Å². The number of nitrogens with one attached hydrogen (secondary N) is 1. The van der Waals surface area contributed by atoms with Gasteiger partial charge >= 0.3 is 0 Å². The van der Waals surface area contributed by atoms with Crippen LogP contribution in [0.15, 0.2) is 30.3 Å². The van der Waals surface area contributed by atoms with Gasteiger partial charge in [-0.25, -0.2) is 0 Å². The third-order valence-electron chi connectivity index (χ3n) is 8.60. The molecule has 2 saturated heterocycles. The maximum Gasteiger partial charge on any atom is 0.224 e. The predicted octanol–water partition coefficient (Wildman–Crippen LogP) is 3.88. The molecule has 3 fully saturated rings. The maximum atomic E-state index is 13.7. The van der Waals surface area contributed by atoms with Crippen molar-refractivity contribution in [2.75, 3.05) is 45.9 Å². The van der Waals surface area contributed by atoms with Crippen LogP contribution < -0.4 is 5.32 Å². The van der Waals surface area contributed by atoms with E-state index in [1.54, 1.807) is 0 Å². The summed E-state index contributed by atoms with van der Waals surface area (Å²) in [5.41, 5.74) is 0.296. The second kappa shape index (κ2) is 12.4. The van der Waals surface area contributed by atoms with Crippen molar-refractivity contribution in [3.63, 3.8) is 0 Å². The molecule has 3 aliphatic rings. The molecule has 7 nitrogen and oxygen atoms in total. The Bertz CT molecular complexity index is 947. The predicted molar refractivity (Wildman–Crippen MR) is 144 cm³/mol. The van der Waals surface area contributed by atoms with E-state index < -0.39 is 11.5 Å². The van der Waals surface area contributed by atoms with Crippen LogP contribution >= 0.6 is 0 Å². The normalized spacial score (nSPS) is 24.4. The zero-order chi connectivity index (χ0) is 26.3. The van der Waals surface area contributed by atoms with E-state index in [1.807, 2.05) is 11.0 Å². The molecule has 7 heteroatoms. The number of likely N-dealkylation sites (tertiary alicyclic amines) is 1. The van der Waals surface area contributed by atoms with Gasteiger partial charge in [0.1, 0.15) is 5.54 Å². The summed E-state index contributed by atoms with van der Waals surface area (Å²) in [5.74, 6) is -0.00826. The molecular formula is C30H44N4O3. The molecule has 0 aromatic heterocycles. The van der Waals surface area contributed by atoms with Crippen LogP contribution in [0.25, 0.3) is 0 Å². The van der Waals surface area contributed by atoms with Crippen molar-refractivity contribution in [1.29, 1.82) is 5.26 Å². The van der Waals surface area contributed by atoms with E-state index in [9.17, 15) is 14.9 Å². The van der Waals surface area contributed by atoms with Crippen molar-refractivity contribution in [3.05, 3.63) is 35.9 Å². The summed E-state index contributed by atoms with van der Waals surface area (Å²) >= 11 is 0. The standard InChI is InChI=1S/C30H44N4O3/c1-29(2,26-11-7-4-8-12-26)22-33-14-13-30(21-31,23-33)32-28(36)25(19-24-9-5-3-6-10-24)20-27(35)34-15-17-37-18-16-34/h4,7-8,11-12,24-25H,3,5-6,9-10,13-20,22-23H2,1-2H3,(H,32,36)/t25-,30-/m1/s1. The molecule has 1 aliphatic carbocycles. The number of nitriles is 1. The van der Waals surface area contributed by atoms with Crippen molar-refractivity contribution in [2.24, 2.45) is 11.8 Å². The smallest absolute Gasteiger partial charge is 0.224 e. The van der Waals surface area contributed by atoms with Crippen LogP contribution in [0, 0.1) is 23.2 Å². The largest absolute Gasteiger partial charge is 0.378 e. The number of ether oxygens (including phenoxy) is 1. The van der Waals surface area contributed by atoms with E-state index >= 15 is 0 Å². The molecule has 1 aromatic carbocycles. The van der Waals surface area contributed by atoms with Crippen molar-refractivity contribution >= 4 is 11.8 Å². The number of nitrogens with zero attached hydrogens (tertiary/aromatic N) is 3. The van der Waals surface area contributed by atoms with E-state index in [-0.39, 0.29) is 23.7 Å². The number of amides is 2. The van der Waals surface area contributed by atoms with E-state index in [4.69, 9.17) is 4.74 Å². The van der Waals surface area contributed by atoms with E-state index in [0.717, 1.165) is 32.4 Å². The molecule has 0 spiro atoms. The SMILES string of the molecule is CC(C)(CN1CC[C@](C#N)(NC(=O)[C@@H](CC(=O)N2CCOCC2)CC2CCCCC2)C1)c1ccccc1. The van der Waals surface area contributed by atoms with E-state index in [2.05, 4.69) is 54.4 Å². The lowest BCUT2D eigenvalue weighted by molar-refractivity contribution is -0.140. The van der Waals surface area contributed by atoms with Crippen LogP contribution in [-0.2, 0) is 19.7 Å². The molecule has 0 unspecified atom stereocenters. The van der Waals surface area contributed by atoms with Gasteiger partial charge in [-0.1, -0.05) is 76.3 Å². The molecular weight excluding hydrogens is 464 g/mol. The van der Waals surface area contributed by atoms with E-state index in [0.29, 0.717) is 45.2 Å². The highest BCUT2D eigenvalue weighted by atomic mass is 16.5. The lowest BCUT2D eigenvalue weighted by atomic mass is 9.81. The van der Waals surface area contributed by atoms with Gasteiger partial charge in [-0.15, -0.1) is 0 Å². The molecule has 4 rings (SSSR count). The fourth-order valence-electron chi connectivity index (χ4n) is 6.38. The molecule has 1 N–H and O–H groups in total. The summed E-state index contributed by atoms with van der Waals surface area (Å²) in [6.07, 6.45) is 7.46. The summed E-state index contributed by atoms with van der Waals surface area (Å²) in [6, 6.07) is 12.9. The average Bonchev–Trinajstić information content (AvgIpc) is 3.31. The lowest BCUT2D eigenvalue weighted by Crippen LogP contribution is -2.52. The Kier molecular flexibility index (Phi) is 9.26. The second-order valence-corrected chi connectivity index (χ2v) is 12.0. The summed E-state index contributed by atoms with van der Waals surface area (Å²) in [4.78, 5) is 30.9. The van der Waals surface area contributed by atoms with Crippen LogP contribution in [0.5, 0.6) is 0 Å². The molecule has 0 bridgehead atoms. The molecule has 202 valence electrons. The number of hydrogen-bond donors (Lipinski definition) is 1. The van der Waals surface area contributed by atoms with Gasteiger partial charge in [0.15, 0.2) is 0 Å². The monoisotopic (exact) mass is 508 g/mol. The molecule has 2 atom stereocenters. The minimum atomic E-state index is -0.906. The van der Waals surface area contributed by atoms with Gasteiger partial charge in [0.05, 0.1) is 19.3 Å². The second-order valence-electron chi connectivity index (χ2n) is 12.0. The Hall–Kier alpha value is -2.43. The topological polar surface area (TPSA) is 85.7 Å². The molecule has 37 heavy (non-hydrogen) atoms. The van der Waals surface area contributed by atoms with Crippen molar-refractivity contribution in [1.82, 2.24) is 15.1 Å². The van der Waals surface area contributed by atoms with Crippen molar-refractivity contribution in [2.45, 2.75) is 76.2 Å². The van der Waals surface area contributed by atoms with Crippen LogP contribution in [-0.4, -0.2) is 73.1 Å². The summed E-state index contributed by atoms with van der Waals surface area (Å²) in [5, 5.41) is 13.4. The Balaban J connectivity index is 1.41. The first-order valence-electron chi connectivity index (χ1n) is 14.2. The van der Waals surface area contributed by atoms with Crippen molar-refractivity contribution in [3.8, 4) is 6.07 Å². The number of benzene rings is 1. The first-order valence-corrected chi connectivity index (χ1v) is 14.2. The van der Waals surface area contributed by atoms with Gasteiger partial charge in [0.25, 0.3) is 0 Å². The van der Waals surface area contributed by atoms with Gasteiger partial charge in [0.2, 0.25) is 11.8 Å². The van der Waals surface area contributed by atoms with Crippen LogP contribution in [0.2, 0.25) is 0 Å². The highest BCUT2D eigenvalue weighted by Gasteiger charge is 2.43. The van der Waals surface area contributed by atoms with Gasteiger partial charge in [-0.3, -0.25) is 14.5 Å². The third-order valence-corrected chi connectivity index (χ3v) is 8.60. The van der Waals surface area contributed by atoms with Gasteiger partial charge < -0.3 is 15.0 Å². The fourth-order valence-corrected chi connectivity index (χ4v) is 6.38. The Morgan fingerprint density at radius 1 is 1.14 bits per heavy atom. The first kappa shape index (κ1) is 27.6. The minimum Gasteiger partial charge on any atom is -0.378 e. The fraction of sp³-hybridized carbons (Fsp3) is 0.700. The van der Waals surface area contributed by atoms with Gasteiger partial charge in [-0.2, -0.15) is 5.26 Å². The highest BCUT2D eigenvalue weighted by molar-refractivity contribution is 5.86. The first-order chi connectivity index (χ1) is 17.8. The maximum absolute atomic E-state index is 13.7. The lowest BCUT2D eigenvalue weighted by Gasteiger charge is -2.33. The summed E-state index contributed by atoms with van der Waals surface area (Å²) in [7, 11) is 0. The molecule has 2 heterocycles. The minimum absolute atomic E-state index is 0.0305. The molecule has 2 amide bonds. The summed E-state index contributed by atoms with van der Waals surface area (Å²) < 4.78 is 5.40. The number of hydrogen-bond acceptors (Lipinski definition) is 5. The molecule has 1 aromatic rings. The molecule has 2 aliphatic heterocycles. The molecule has 1 saturated carbocycles. The Labute approximate surface area is 222 Å². The Morgan fingerprint density at radius 3 is 2.51 bits per heavy atom. The third kappa shape index (κ3) is 7.33. The average molecular weight is 509 g/mol. The zero-order valence-electron chi connectivity index (χ0n) is 22.7. The van der Waals surface area contributed by atoms with Crippen molar-refractivity contribution < 1.29 is 14.3 Å². The number of rotatable bonds is 9. The van der Waals surface area contributed by atoms with Crippen LogP contribution in [0.4, 0.5) is 0 Å². The quantitative estimate of drug-likeness (QED) is 0.547.